The van der Waals surface area contributed by atoms with Gasteiger partial charge in [-0.3, -0.25) is 0 Å². The van der Waals surface area contributed by atoms with Gasteiger partial charge in [0.2, 0.25) is 0 Å². The van der Waals surface area contributed by atoms with Gasteiger partial charge in [-0.25, -0.2) is 4.39 Å². The summed E-state index contributed by atoms with van der Waals surface area (Å²) >= 11 is 0. The van der Waals surface area contributed by atoms with Crippen LogP contribution < -0.4 is 10.5 Å². The summed E-state index contributed by atoms with van der Waals surface area (Å²) in [6, 6.07) is 4.54. The Kier molecular flexibility index (Phi) is 5.11. The quantitative estimate of drug-likeness (QED) is 0.849. The lowest BCUT2D eigenvalue weighted by Gasteiger charge is -2.23. The summed E-state index contributed by atoms with van der Waals surface area (Å²) in [4.78, 5) is 0. The van der Waals surface area contributed by atoms with E-state index in [1.54, 1.807) is 26.2 Å². The maximum absolute atomic E-state index is 13.7. The van der Waals surface area contributed by atoms with E-state index < -0.39 is 0 Å². The Bertz CT molecular complexity index is 391. The Labute approximate surface area is 108 Å². The fourth-order valence-corrected chi connectivity index (χ4v) is 1.54. The zero-order chi connectivity index (χ0) is 13.8. The molecule has 0 aliphatic rings. The Morgan fingerprint density at radius 1 is 1.39 bits per heavy atom. The van der Waals surface area contributed by atoms with Crippen molar-refractivity contribution in [2.45, 2.75) is 38.8 Å². The molecule has 0 aliphatic carbocycles. The monoisotopic (exact) mass is 255 g/mol. The Morgan fingerprint density at radius 2 is 2.06 bits per heavy atom. The molecule has 0 unspecified atom stereocenters. The SMILES string of the molecule is COC(C)(C)CCOc1c(F)cccc1[C@@H](C)N. The van der Waals surface area contributed by atoms with Crippen LogP contribution in [-0.4, -0.2) is 19.3 Å². The minimum atomic E-state index is -0.375. The van der Waals surface area contributed by atoms with Crippen molar-refractivity contribution in [2.75, 3.05) is 13.7 Å². The topological polar surface area (TPSA) is 44.5 Å². The van der Waals surface area contributed by atoms with Crippen molar-refractivity contribution in [2.24, 2.45) is 5.73 Å². The Balaban J connectivity index is 2.73. The highest BCUT2D eigenvalue weighted by Crippen LogP contribution is 2.27. The maximum Gasteiger partial charge on any atom is 0.165 e. The van der Waals surface area contributed by atoms with Crippen LogP contribution in [0.4, 0.5) is 4.39 Å². The molecule has 0 spiro atoms. The summed E-state index contributed by atoms with van der Waals surface area (Å²) in [7, 11) is 1.65. The van der Waals surface area contributed by atoms with Gasteiger partial charge >= 0.3 is 0 Å². The second-order valence-electron chi connectivity index (χ2n) is 5.01. The zero-order valence-electron chi connectivity index (χ0n) is 11.5. The molecule has 0 saturated carbocycles. The van der Waals surface area contributed by atoms with Crippen molar-refractivity contribution >= 4 is 0 Å². The highest BCUT2D eigenvalue weighted by atomic mass is 19.1. The number of nitrogens with two attached hydrogens (primary N) is 1. The first-order chi connectivity index (χ1) is 8.37. The molecule has 1 aromatic rings. The van der Waals surface area contributed by atoms with Crippen LogP contribution in [0.2, 0.25) is 0 Å². The van der Waals surface area contributed by atoms with Gasteiger partial charge in [0.05, 0.1) is 12.2 Å². The number of rotatable bonds is 6. The molecule has 0 heterocycles. The van der Waals surface area contributed by atoms with Crippen LogP contribution in [0.5, 0.6) is 5.75 Å². The third kappa shape index (κ3) is 3.96. The van der Waals surface area contributed by atoms with Crippen LogP contribution in [-0.2, 0) is 4.74 Å². The van der Waals surface area contributed by atoms with Gasteiger partial charge in [0.15, 0.2) is 11.6 Å². The third-order valence-electron chi connectivity index (χ3n) is 2.99. The minimum Gasteiger partial charge on any atom is -0.490 e. The van der Waals surface area contributed by atoms with E-state index in [9.17, 15) is 4.39 Å². The normalized spacial score (nSPS) is 13.4. The van der Waals surface area contributed by atoms with Gasteiger partial charge in [0.25, 0.3) is 0 Å². The van der Waals surface area contributed by atoms with Crippen molar-refractivity contribution in [1.29, 1.82) is 0 Å². The van der Waals surface area contributed by atoms with E-state index in [0.717, 1.165) is 0 Å². The van der Waals surface area contributed by atoms with Gasteiger partial charge < -0.3 is 15.2 Å². The summed E-state index contributed by atoms with van der Waals surface area (Å²) in [5.74, 6) is -0.126. The van der Waals surface area contributed by atoms with Crippen molar-refractivity contribution < 1.29 is 13.9 Å². The fraction of sp³-hybridized carbons (Fsp3) is 0.571. The average Bonchev–Trinajstić information content (AvgIpc) is 2.30. The molecule has 1 aromatic carbocycles. The predicted octanol–water partition coefficient (Wildman–Crippen LogP) is 3.04. The van der Waals surface area contributed by atoms with Gasteiger partial charge in [-0.2, -0.15) is 0 Å². The lowest BCUT2D eigenvalue weighted by molar-refractivity contribution is 0.00503. The number of hydrogen-bond donors (Lipinski definition) is 1. The molecule has 0 bridgehead atoms. The summed E-state index contributed by atoms with van der Waals surface area (Å²) in [6.07, 6.45) is 0.677. The standard InChI is InChI=1S/C14H22FNO2/c1-10(16)11-6-5-7-12(15)13(11)18-9-8-14(2,3)17-4/h5-7,10H,8-9,16H2,1-4H3/t10-/m1/s1. The fourth-order valence-electron chi connectivity index (χ4n) is 1.54. The molecule has 3 nitrogen and oxygen atoms in total. The summed E-state index contributed by atoms with van der Waals surface area (Å²) in [5, 5.41) is 0. The summed E-state index contributed by atoms with van der Waals surface area (Å²) in [5.41, 5.74) is 6.20. The highest BCUT2D eigenvalue weighted by molar-refractivity contribution is 5.36. The molecule has 102 valence electrons. The Morgan fingerprint density at radius 3 is 2.61 bits per heavy atom. The van der Waals surface area contributed by atoms with Gasteiger partial charge in [-0.05, 0) is 26.8 Å². The van der Waals surface area contributed by atoms with Crippen LogP contribution in [0, 0.1) is 5.82 Å². The van der Waals surface area contributed by atoms with E-state index >= 15 is 0 Å². The van der Waals surface area contributed by atoms with Crippen LogP contribution >= 0.6 is 0 Å². The molecule has 0 aromatic heterocycles. The maximum atomic E-state index is 13.7. The third-order valence-corrected chi connectivity index (χ3v) is 2.99. The molecule has 0 amide bonds. The van der Waals surface area contributed by atoms with Crippen molar-refractivity contribution in [3.05, 3.63) is 29.6 Å². The van der Waals surface area contributed by atoms with E-state index in [-0.39, 0.29) is 23.2 Å². The number of para-hydroxylation sites is 1. The molecule has 1 rings (SSSR count). The van der Waals surface area contributed by atoms with Crippen LogP contribution in [0.1, 0.15) is 38.8 Å². The van der Waals surface area contributed by atoms with E-state index in [1.807, 2.05) is 13.8 Å². The summed E-state index contributed by atoms with van der Waals surface area (Å²) < 4.78 is 24.5. The number of methoxy groups -OCH3 is 1. The molecule has 4 heteroatoms. The van der Waals surface area contributed by atoms with Gasteiger partial charge in [0.1, 0.15) is 0 Å². The molecule has 0 aliphatic heterocycles. The Hall–Kier alpha value is -1.13. The second kappa shape index (κ2) is 6.16. The molecule has 18 heavy (non-hydrogen) atoms. The number of halogens is 1. The molecule has 1 atom stereocenters. The van der Waals surface area contributed by atoms with Gasteiger partial charge in [-0.1, -0.05) is 12.1 Å². The predicted molar refractivity (Wildman–Crippen MR) is 70.2 cm³/mol. The van der Waals surface area contributed by atoms with E-state index in [4.69, 9.17) is 15.2 Å². The number of benzene rings is 1. The largest absolute Gasteiger partial charge is 0.490 e. The molecule has 0 radical (unpaired) electrons. The van der Waals surface area contributed by atoms with Gasteiger partial charge in [0, 0.05) is 25.1 Å². The van der Waals surface area contributed by atoms with Gasteiger partial charge in [-0.15, -0.1) is 0 Å². The van der Waals surface area contributed by atoms with Crippen molar-refractivity contribution in [3.63, 3.8) is 0 Å². The highest BCUT2D eigenvalue weighted by Gasteiger charge is 2.18. The van der Waals surface area contributed by atoms with Crippen molar-refractivity contribution in [3.8, 4) is 5.75 Å². The number of ether oxygens (including phenoxy) is 2. The lowest BCUT2D eigenvalue weighted by Crippen LogP contribution is -2.25. The summed E-state index contributed by atoms with van der Waals surface area (Å²) in [6.45, 7) is 6.12. The van der Waals surface area contributed by atoms with Crippen LogP contribution in [0.3, 0.4) is 0 Å². The zero-order valence-corrected chi connectivity index (χ0v) is 11.5. The van der Waals surface area contributed by atoms with E-state index in [2.05, 4.69) is 0 Å². The first kappa shape index (κ1) is 14.9. The first-order valence-electron chi connectivity index (χ1n) is 6.09. The minimum absolute atomic E-state index is 0.249. The smallest absolute Gasteiger partial charge is 0.165 e. The molecular weight excluding hydrogens is 233 g/mol. The average molecular weight is 255 g/mol. The van der Waals surface area contributed by atoms with Crippen LogP contribution in [0.25, 0.3) is 0 Å². The second-order valence-corrected chi connectivity index (χ2v) is 5.01. The van der Waals surface area contributed by atoms with Crippen molar-refractivity contribution in [1.82, 2.24) is 0 Å². The van der Waals surface area contributed by atoms with E-state index in [0.29, 0.717) is 18.6 Å². The van der Waals surface area contributed by atoms with E-state index in [1.165, 1.54) is 6.07 Å². The number of hydrogen-bond acceptors (Lipinski definition) is 3. The molecule has 0 saturated heterocycles. The van der Waals surface area contributed by atoms with Crippen LogP contribution in [0.15, 0.2) is 18.2 Å². The molecule has 0 fully saturated rings. The molecule has 2 N–H and O–H groups in total. The lowest BCUT2D eigenvalue weighted by atomic mass is 10.1. The molecular formula is C14H22FNO2. The first-order valence-corrected chi connectivity index (χ1v) is 6.09.